The molecule has 0 aliphatic rings. The molecule has 6 nitrogen and oxygen atoms in total. The number of carbonyl (C=O) groups is 1. The number of amides is 1. The number of aryl methyl sites for hydroxylation is 1. The molecule has 1 aromatic heterocycles. The number of nitrogens with one attached hydrogen (secondary N) is 1. The zero-order valence-corrected chi connectivity index (χ0v) is 16.8. The number of thiazole rings is 1. The van der Waals surface area contributed by atoms with Crippen LogP contribution in [0.2, 0.25) is 0 Å². The second-order valence-corrected chi connectivity index (χ2v) is 7.83. The summed E-state index contributed by atoms with van der Waals surface area (Å²) in [4.78, 5) is 28.5. The van der Waals surface area contributed by atoms with Gasteiger partial charge in [0.1, 0.15) is 5.01 Å². The van der Waals surface area contributed by atoms with E-state index < -0.39 is 4.92 Å². The van der Waals surface area contributed by atoms with Gasteiger partial charge in [-0.1, -0.05) is 42.5 Å². The molecule has 0 aliphatic carbocycles. The van der Waals surface area contributed by atoms with Crippen molar-refractivity contribution in [3.8, 4) is 21.8 Å². The lowest BCUT2D eigenvalue weighted by Gasteiger charge is -2.06. The smallest absolute Gasteiger partial charge is 0.269 e. The van der Waals surface area contributed by atoms with Gasteiger partial charge in [0.05, 0.1) is 10.6 Å². The molecule has 4 aromatic rings. The first kappa shape index (κ1) is 19.5. The predicted molar refractivity (Wildman–Crippen MR) is 119 cm³/mol. The number of nitrogens with zero attached hydrogens (tertiary/aromatic N) is 2. The van der Waals surface area contributed by atoms with Crippen molar-refractivity contribution < 1.29 is 9.72 Å². The molecule has 0 aliphatic heterocycles. The molecule has 1 amide bonds. The van der Waals surface area contributed by atoms with E-state index >= 15 is 0 Å². The van der Waals surface area contributed by atoms with Gasteiger partial charge >= 0.3 is 0 Å². The highest BCUT2D eigenvalue weighted by atomic mass is 32.1. The number of benzene rings is 3. The quantitative estimate of drug-likeness (QED) is 0.323. The molecule has 0 atom stereocenters. The average molecular weight is 415 g/mol. The summed E-state index contributed by atoms with van der Waals surface area (Å²) in [5, 5.41) is 14.5. The largest absolute Gasteiger partial charge is 0.322 e. The van der Waals surface area contributed by atoms with Crippen LogP contribution in [0.15, 0.2) is 78.9 Å². The molecule has 1 heterocycles. The monoisotopic (exact) mass is 415 g/mol. The van der Waals surface area contributed by atoms with E-state index in [2.05, 4.69) is 5.32 Å². The molecule has 0 saturated carbocycles. The average Bonchev–Trinajstić information content (AvgIpc) is 3.16. The summed E-state index contributed by atoms with van der Waals surface area (Å²) in [5.74, 6) is -0.325. The number of nitro benzene ring substituents is 1. The van der Waals surface area contributed by atoms with E-state index in [1.165, 1.54) is 24.3 Å². The molecule has 1 N–H and O–H groups in total. The van der Waals surface area contributed by atoms with Gasteiger partial charge in [0, 0.05) is 39.4 Å². The topological polar surface area (TPSA) is 85.1 Å². The van der Waals surface area contributed by atoms with Gasteiger partial charge in [-0.3, -0.25) is 14.9 Å². The number of hydrogen-bond donors (Lipinski definition) is 1. The highest BCUT2D eigenvalue weighted by Gasteiger charge is 2.13. The van der Waals surface area contributed by atoms with Gasteiger partial charge in [0.15, 0.2) is 0 Å². The number of nitro groups is 1. The fourth-order valence-corrected chi connectivity index (χ4v) is 3.96. The van der Waals surface area contributed by atoms with E-state index in [1.807, 2.05) is 61.5 Å². The standard InChI is InChI=1S/C23H17N3O3S/c1-15-21(25-23(30-15)18-5-3-2-4-6-18)16-7-11-19(12-8-16)24-22(27)17-9-13-20(14-10-17)26(28)29/h2-14H,1H3,(H,24,27). The predicted octanol–water partition coefficient (Wildman–Crippen LogP) is 5.95. The Morgan fingerprint density at radius 3 is 2.23 bits per heavy atom. The molecule has 3 aromatic carbocycles. The van der Waals surface area contributed by atoms with Crippen molar-refractivity contribution in [2.45, 2.75) is 6.92 Å². The van der Waals surface area contributed by atoms with Crippen LogP contribution in [0.5, 0.6) is 0 Å². The van der Waals surface area contributed by atoms with E-state index in [4.69, 9.17) is 4.98 Å². The molecular weight excluding hydrogens is 398 g/mol. The Hall–Kier alpha value is -3.84. The maximum absolute atomic E-state index is 12.4. The lowest BCUT2D eigenvalue weighted by Crippen LogP contribution is -2.11. The Balaban J connectivity index is 1.50. The first-order chi connectivity index (χ1) is 14.5. The Kier molecular flexibility index (Phi) is 5.36. The first-order valence-corrected chi connectivity index (χ1v) is 10.0. The van der Waals surface area contributed by atoms with Crippen LogP contribution in [0.25, 0.3) is 21.8 Å². The van der Waals surface area contributed by atoms with Gasteiger partial charge < -0.3 is 5.32 Å². The first-order valence-electron chi connectivity index (χ1n) is 9.20. The van der Waals surface area contributed by atoms with E-state index in [-0.39, 0.29) is 11.6 Å². The number of hydrogen-bond acceptors (Lipinski definition) is 5. The molecular formula is C23H17N3O3S. The summed E-state index contributed by atoms with van der Waals surface area (Å²) < 4.78 is 0. The number of aromatic nitrogens is 1. The van der Waals surface area contributed by atoms with E-state index in [1.54, 1.807) is 11.3 Å². The van der Waals surface area contributed by atoms with Crippen LogP contribution in [0.3, 0.4) is 0 Å². The molecule has 0 unspecified atom stereocenters. The third-order valence-corrected chi connectivity index (χ3v) is 5.59. The highest BCUT2D eigenvalue weighted by molar-refractivity contribution is 7.15. The van der Waals surface area contributed by atoms with Crippen LogP contribution in [-0.2, 0) is 0 Å². The maximum atomic E-state index is 12.4. The SMILES string of the molecule is Cc1sc(-c2ccccc2)nc1-c1ccc(NC(=O)c2ccc([N+](=O)[O-])cc2)cc1. The molecule has 0 saturated heterocycles. The molecule has 0 fully saturated rings. The Morgan fingerprint density at radius 1 is 0.933 bits per heavy atom. The van der Waals surface area contributed by atoms with Crippen molar-refractivity contribution in [2.24, 2.45) is 0 Å². The minimum absolute atomic E-state index is 0.0515. The van der Waals surface area contributed by atoms with Crippen LogP contribution < -0.4 is 5.32 Å². The minimum atomic E-state index is -0.496. The number of anilines is 1. The molecule has 0 spiro atoms. The van der Waals surface area contributed by atoms with Crippen molar-refractivity contribution in [3.63, 3.8) is 0 Å². The Bertz CT molecular complexity index is 1200. The van der Waals surface area contributed by atoms with Crippen molar-refractivity contribution in [1.82, 2.24) is 4.98 Å². The van der Waals surface area contributed by atoms with Gasteiger partial charge in [-0.05, 0) is 31.2 Å². The highest BCUT2D eigenvalue weighted by Crippen LogP contribution is 2.33. The van der Waals surface area contributed by atoms with Crippen molar-refractivity contribution in [1.29, 1.82) is 0 Å². The maximum Gasteiger partial charge on any atom is 0.269 e. The number of carbonyl (C=O) groups excluding carboxylic acids is 1. The summed E-state index contributed by atoms with van der Waals surface area (Å²) in [6.07, 6.45) is 0. The Morgan fingerprint density at radius 2 is 1.60 bits per heavy atom. The van der Waals surface area contributed by atoms with Crippen LogP contribution in [-0.4, -0.2) is 15.8 Å². The van der Waals surface area contributed by atoms with Crippen molar-refractivity contribution >= 4 is 28.6 Å². The fraction of sp³-hybridized carbons (Fsp3) is 0.0435. The second kappa shape index (κ2) is 8.26. The van der Waals surface area contributed by atoms with Gasteiger partial charge in [0.25, 0.3) is 11.6 Å². The fourth-order valence-electron chi connectivity index (χ4n) is 3.02. The number of non-ortho nitro benzene ring substituents is 1. The van der Waals surface area contributed by atoms with Crippen molar-refractivity contribution in [2.75, 3.05) is 5.32 Å². The molecule has 7 heteroatoms. The Labute approximate surface area is 177 Å². The van der Waals surface area contributed by atoms with Crippen LogP contribution >= 0.6 is 11.3 Å². The molecule has 4 rings (SSSR count). The lowest BCUT2D eigenvalue weighted by atomic mass is 10.1. The van der Waals surface area contributed by atoms with Crippen molar-refractivity contribution in [3.05, 3.63) is 99.4 Å². The molecule has 0 radical (unpaired) electrons. The zero-order valence-electron chi connectivity index (χ0n) is 16.0. The number of rotatable bonds is 5. The summed E-state index contributed by atoms with van der Waals surface area (Å²) >= 11 is 1.65. The lowest BCUT2D eigenvalue weighted by molar-refractivity contribution is -0.384. The van der Waals surface area contributed by atoms with Gasteiger partial charge in [-0.25, -0.2) is 4.98 Å². The summed E-state index contributed by atoms with van der Waals surface area (Å²) in [5.41, 5.74) is 3.92. The van der Waals surface area contributed by atoms with E-state index in [9.17, 15) is 14.9 Å². The normalized spacial score (nSPS) is 10.6. The van der Waals surface area contributed by atoms with Gasteiger partial charge in [-0.15, -0.1) is 11.3 Å². The van der Waals surface area contributed by atoms with Gasteiger partial charge in [-0.2, -0.15) is 0 Å². The third kappa shape index (κ3) is 4.11. The van der Waals surface area contributed by atoms with Crippen LogP contribution in [0, 0.1) is 17.0 Å². The summed E-state index contributed by atoms with van der Waals surface area (Å²) in [6.45, 7) is 2.05. The second-order valence-electron chi connectivity index (χ2n) is 6.63. The zero-order chi connectivity index (χ0) is 21.1. The van der Waals surface area contributed by atoms with E-state index in [0.29, 0.717) is 11.3 Å². The summed E-state index contributed by atoms with van der Waals surface area (Å²) in [7, 11) is 0. The minimum Gasteiger partial charge on any atom is -0.322 e. The molecule has 0 bridgehead atoms. The van der Waals surface area contributed by atoms with E-state index in [0.717, 1.165) is 26.7 Å². The van der Waals surface area contributed by atoms with Crippen LogP contribution in [0.4, 0.5) is 11.4 Å². The third-order valence-electron chi connectivity index (χ3n) is 4.57. The van der Waals surface area contributed by atoms with Gasteiger partial charge in [0.2, 0.25) is 0 Å². The summed E-state index contributed by atoms with van der Waals surface area (Å²) in [6, 6.07) is 23.0. The molecule has 30 heavy (non-hydrogen) atoms. The molecule has 148 valence electrons. The van der Waals surface area contributed by atoms with Crippen LogP contribution in [0.1, 0.15) is 15.2 Å².